The molecule has 1 aliphatic rings. The summed E-state index contributed by atoms with van der Waals surface area (Å²) in [5.41, 5.74) is 6.00. The lowest BCUT2D eigenvalue weighted by Gasteiger charge is -2.10. The summed E-state index contributed by atoms with van der Waals surface area (Å²) < 4.78 is 1.06. The van der Waals surface area contributed by atoms with Gasteiger partial charge in [0.15, 0.2) is 5.71 Å². The highest BCUT2D eigenvalue weighted by Gasteiger charge is 2.27. The van der Waals surface area contributed by atoms with Crippen LogP contribution in [-0.2, 0) is 0 Å². The van der Waals surface area contributed by atoms with Crippen LogP contribution in [0.4, 0.5) is 5.69 Å². The van der Waals surface area contributed by atoms with E-state index in [1.165, 1.54) is 0 Å². The summed E-state index contributed by atoms with van der Waals surface area (Å²) in [6.45, 7) is 0. The standard InChI is InChI=1S/C9H8ClN7/c10-17-9(14-15-16-17)8(6-11)13-12-7-4-2-1-3-5-7/h1-5,9,12H,(H,14,16). The average molecular weight is 250 g/mol. The van der Waals surface area contributed by atoms with Gasteiger partial charge in [-0.25, -0.2) is 5.53 Å². The molecule has 2 rings (SSSR count). The Labute approximate surface area is 102 Å². The van der Waals surface area contributed by atoms with Crippen LogP contribution in [0.2, 0.25) is 0 Å². The van der Waals surface area contributed by atoms with Gasteiger partial charge in [-0.1, -0.05) is 28.0 Å². The van der Waals surface area contributed by atoms with Crippen molar-refractivity contribution in [3.63, 3.8) is 0 Å². The second-order valence-electron chi connectivity index (χ2n) is 3.09. The van der Waals surface area contributed by atoms with Crippen LogP contribution in [0.5, 0.6) is 0 Å². The number of hydrogen-bond donors (Lipinski definition) is 2. The maximum Gasteiger partial charge on any atom is 0.213 e. The van der Waals surface area contributed by atoms with Crippen LogP contribution in [0.1, 0.15) is 0 Å². The van der Waals surface area contributed by atoms with E-state index >= 15 is 0 Å². The molecule has 1 aromatic carbocycles. The Kier molecular flexibility index (Phi) is 3.49. The average Bonchev–Trinajstić information content (AvgIpc) is 2.78. The Morgan fingerprint density at radius 3 is 2.88 bits per heavy atom. The molecule has 1 aromatic rings. The molecule has 2 N–H and O–H groups in total. The molecular weight excluding hydrogens is 242 g/mol. The van der Waals surface area contributed by atoms with Crippen LogP contribution in [-0.4, -0.2) is 16.4 Å². The number of nitriles is 1. The van der Waals surface area contributed by atoms with Crippen molar-refractivity contribution >= 4 is 23.2 Å². The first-order chi connectivity index (χ1) is 8.31. The number of rotatable bonds is 3. The minimum atomic E-state index is -0.724. The molecule has 1 heterocycles. The Hall–Kier alpha value is -2.17. The molecule has 86 valence electrons. The van der Waals surface area contributed by atoms with Gasteiger partial charge in [-0.05, 0) is 12.1 Å². The Balaban J connectivity index is 2.09. The maximum atomic E-state index is 8.95. The normalized spacial score (nSPS) is 19.8. The monoisotopic (exact) mass is 249 g/mol. The second kappa shape index (κ2) is 5.25. The Morgan fingerprint density at radius 1 is 1.53 bits per heavy atom. The van der Waals surface area contributed by atoms with Crippen molar-refractivity contribution in [2.75, 3.05) is 5.43 Å². The van der Waals surface area contributed by atoms with Crippen LogP contribution in [0.25, 0.3) is 0 Å². The van der Waals surface area contributed by atoms with Crippen molar-refractivity contribution in [1.82, 2.24) is 10.1 Å². The summed E-state index contributed by atoms with van der Waals surface area (Å²) in [4.78, 5) is 0. The highest BCUT2D eigenvalue weighted by atomic mass is 35.5. The Morgan fingerprint density at radius 2 is 2.29 bits per heavy atom. The predicted molar refractivity (Wildman–Crippen MR) is 62.6 cm³/mol. The molecule has 8 heteroatoms. The lowest BCUT2D eigenvalue weighted by Crippen LogP contribution is -2.34. The molecule has 0 fully saturated rings. The van der Waals surface area contributed by atoms with E-state index in [1.807, 2.05) is 36.4 Å². The molecule has 1 unspecified atom stereocenters. The molecule has 0 radical (unpaired) electrons. The molecule has 0 bridgehead atoms. The summed E-state index contributed by atoms with van der Waals surface area (Å²) in [7, 11) is 0. The summed E-state index contributed by atoms with van der Waals surface area (Å²) in [5.74, 6) is 0. The summed E-state index contributed by atoms with van der Waals surface area (Å²) in [6, 6.07) is 11.2. The van der Waals surface area contributed by atoms with Gasteiger partial charge in [0, 0.05) is 11.8 Å². The smallest absolute Gasteiger partial charge is 0.213 e. The number of benzene rings is 1. The molecule has 0 saturated heterocycles. The van der Waals surface area contributed by atoms with Crippen molar-refractivity contribution in [2.24, 2.45) is 15.4 Å². The molecule has 0 spiro atoms. The topological polar surface area (TPSA) is 88.2 Å². The van der Waals surface area contributed by atoms with Crippen molar-refractivity contribution in [1.29, 1.82) is 5.26 Å². The molecule has 0 aromatic heterocycles. The van der Waals surface area contributed by atoms with Crippen molar-refractivity contribution in [3.05, 3.63) is 30.3 Å². The molecule has 7 nitrogen and oxygen atoms in total. The minimum absolute atomic E-state index is 0.109. The number of para-hydroxylation sites is 1. The maximum absolute atomic E-state index is 8.95. The Bertz CT molecular complexity index is 478. The van der Waals surface area contributed by atoms with Gasteiger partial charge in [-0.2, -0.15) is 10.4 Å². The number of halogens is 1. The molecule has 0 amide bonds. The molecule has 17 heavy (non-hydrogen) atoms. The summed E-state index contributed by atoms with van der Waals surface area (Å²) in [5, 5.41) is 20.1. The first-order valence-electron chi connectivity index (χ1n) is 4.70. The van der Waals surface area contributed by atoms with Crippen LogP contribution >= 0.6 is 11.8 Å². The largest absolute Gasteiger partial charge is 0.277 e. The quantitative estimate of drug-likeness (QED) is 0.484. The molecule has 0 aliphatic carbocycles. The third-order valence-corrected chi connectivity index (χ3v) is 2.22. The van der Waals surface area contributed by atoms with Crippen LogP contribution in [0, 0.1) is 11.3 Å². The van der Waals surface area contributed by atoms with Crippen molar-refractivity contribution in [2.45, 2.75) is 6.17 Å². The first kappa shape index (κ1) is 11.3. The van der Waals surface area contributed by atoms with E-state index in [0.29, 0.717) is 0 Å². The molecule has 1 atom stereocenters. The van der Waals surface area contributed by atoms with Gasteiger partial charge in [0.25, 0.3) is 0 Å². The number of nitrogens with zero attached hydrogens (tertiary/aromatic N) is 5. The first-order valence-corrected chi connectivity index (χ1v) is 5.04. The van der Waals surface area contributed by atoms with Gasteiger partial charge in [0.05, 0.1) is 5.69 Å². The van der Waals surface area contributed by atoms with Crippen molar-refractivity contribution < 1.29 is 0 Å². The predicted octanol–water partition coefficient (Wildman–Crippen LogP) is 1.65. The lowest BCUT2D eigenvalue weighted by atomic mass is 10.3. The molecule has 1 aliphatic heterocycles. The highest BCUT2D eigenvalue weighted by molar-refractivity contribution is 6.16. The van der Waals surface area contributed by atoms with Gasteiger partial charge in [0.1, 0.15) is 6.07 Å². The van der Waals surface area contributed by atoms with E-state index in [1.54, 1.807) is 0 Å². The van der Waals surface area contributed by atoms with E-state index in [9.17, 15) is 0 Å². The van der Waals surface area contributed by atoms with E-state index in [0.717, 1.165) is 10.2 Å². The van der Waals surface area contributed by atoms with Gasteiger partial charge < -0.3 is 0 Å². The third-order valence-electron chi connectivity index (χ3n) is 1.96. The number of hydrogen-bond acceptors (Lipinski definition) is 7. The fourth-order valence-corrected chi connectivity index (χ4v) is 1.33. The zero-order valence-electron chi connectivity index (χ0n) is 8.58. The number of hydrazine groups is 1. The van der Waals surface area contributed by atoms with Crippen LogP contribution in [0.3, 0.4) is 0 Å². The number of hydrazone groups is 1. The lowest BCUT2D eigenvalue weighted by molar-refractivity contribution is 0.380. The van der Waals surface area contributed by atoms with Crippen molar-refractivity contribution in [3.8, 4) is 6.07 Å². The van der Waals surface area contributed by atoms with E-state index in [2.05, 4.69) is 26.4 Å². The van der Waals surface area contributed by atoms with Gasteiger partial charge in [-0.3, -0.25) is 5.43 Å². The van der Waals surface area contributed by atoms with Crippen LogP contribution in [0.15, 0.2) is 45.8 Å². The fourth-order valence-electron chi connectivity index (χ4n) is 1.16. The van der Waals surface area contributed by atoms with Crippen LogP contribution < -0.4 is 11.0 Å². The SMILES string of the molecule is N#CC(=NNc1ccccc1)C1N=NNN1Cl. The highest BCUT2D eigenvalue weighted by Crippen LogP contribution is 2.11. The zero-order chi connectivity index (χ0) is 12.1. The van der Waals surface area contributed by atoms with Gasteiger partial charge in [0.2, 0.25) is 6.17 Å². The summed E-state index contributed by atoms with van der Waals surface area (Å²) in [6.07, 6.45) is -0.724. The van der Waals surface area contributed by atoms with E-state index in [4.69, 9.17) is 17.0 Å². The third kappa shape index (κ3) is 2.69. The van der Waals surface area contributed by atoms with E-state index < -0.39 is 6.17 Å². The molecular formula is C9H8ClN7. The summed E-state index contributed by atoms with van der Waals surface area (Å²) >= 11 is 5.71. The zero-order valence-corrected chi connectivity index (χ0v) is 9.33. The van der Waals surface area contributed by atoms with Gasteiger partial charge >= 0.3 is 0 Å². The number of anilines is 1. The number of nitrogens with one attached hydrogen (secondary N) is 2. The minimum Gasteiger partial charge on any atom is -0.277 e. The van der Waals surface area contributed by atoms with E-state index in [-0.39, 0.29) is 5.71 Å². The fraction of sp³-hybridized carbons (Fsp3) is 0.111. The molecule has 0 saturated carbocycles. The van der Waals surface area contributed by atoms with Gasteiger partial charge in [-0.15, -0.1) is 5.11 Å². The second-order valence-corrected chi connectivity index (χ2v) is 3.45.